The minimum absolute atomic E-state index is 0.00342. The molecule has 0 atom stereocenters. The molecule has 9 nitrogen and oxygen atoms in total. The molecule has 1 heterocycles. The van der Waals surface area contributed by atoms with Crippen LogP contribution >= 0.6 is 0 Å². The summed E-state index contributed by atoms with van der Waals surface area (Å²) in [4.78, 5) is 38.6. The summed E-state index contributed by atoms with van der Waals surface area (Å²) in [5.41, 5.74) is 6.28. The van der Waals surface area contributed by atoms with E-state index in [1.165, 1.54) is 13.0 Å². The maximum absolute atomic E-state index is 12.5. The van der Waals surface area contributed by atoms with Crippen molar-refractivity contribution in [3.63, 3.8) is 0 Å². The van der Waals surface area contributed by atoms with Crippen LogP contribution in [-0.2, 0) is 4.79 Å². The Balaban J connectivity index is 2.16. The summed E-state index contributed by atoms with van der Waals surface area (Å²) in [6, 6.07) is 4.50. The lowest BCUT2D eigenvalue weighted by Crippen LogP contribution is -2.49. The molecule has 1 aliphatic rings. The standard InChI is InChI=1S/C19H29N5O4/c1-4-19(20,5-2)13-21-18(26)15-6-7-16(17(12-15)24(27)28)23-10-8-22(9-11-23)14(3)25/h6-7,12H,4-5,8-11,13,20H2,1-3H3,(H,21,26). The number of benzene rings is 1. The van der Waals surface area contributed by atoms with Crippen molar-refractivity contribution in [2.45, 2.75) is 39.2 Å². The van der Waals surface area contributed by atoms with Crippen molar-refractivity contribution in [2.75, 3.05) is 37.6 Å². The van der Waals surface area contributed by atoms with Gasteiger partial charge in [-0.3, -0.25) is 19.7 Å². The van der Waals surface area contributed by atoms with E-state index in [1.54, 1.807) is 17.0 Å². The maximum Gasteiger partial charge on any atom is 0.293 e. The normalized spacial score (nSPS) is 14.7. The lowest BCUT2D eigenvalue weighted by atomic mass is 9.94. The fourth-order valence-corrected chi connectivity index (χ4v) is 3.20. The Kier molecular flexibility index (Phi) is 6.95. The van der Waals surface area contributed by atoms with Gasteiger partial charge in [-0.1, -0.05) is 13.8 Å². The highest BCUT2D eigenvalue weighted by Gasteiger charge is 2.26. The molecule has 1 aromatic rings. The van der Waals surface area contributed by atoms with Crippen LogP contribution in [0.3, 0.4) is 0 Å². The Hall–Kier alpha value is -2.68. The Morgan fingerprint density at radius 1 is 1.21 bits per heavy atom. The van der Waals surface area contributed by atoms with Gasteiger partial charge in [0.1, 0.15) is 5.69 Å². The van der Waals surface area contributed by atoms with Gasteiger partial charge in [0.15, 0.2) is 0 Å². The van der Waals surface area contributed by atoms with Crippen molar-refractivity contribution in [1.82, 2.24) is 10.2 Å². The van der Waals surface area contributed by atoms with Gasteiger partial charge in [0.2, 0.25) is 5.91 Å². The second kappa shape index (κ2) is 9.01. The zero-order valence-corrected chi connectivity index (χ0v) is 16.7. The monoisotopic (exact) mass is 391 g/mol. The molecule has 0 saturated carbocycles. The second-order valence-electron chi connectivity index (χ2n) is 7.21. The third kappa shape index (κ3) is 4.98. The fraction of sp³-hybridized carbons (Fsp3) is 0.579. The molecular weight excluding hydrogens is 362 g/mol. The molecule has 0 radical (unpaired) electrons. The second-order valence-corrected chi connectivity index (χ2v) is 7.21. The van der Waals surface area contributed by atoms with E-state index in [-0.39, 0.29) is 23.1 Å². The molecule has 1 aromatic carbocycles. The first-order chi connectivity index (χ1) is 13.2. The predicted molar refractivity (Wildman–Crippen MR) is 107 cm³/mol. The summed E-state index contributed by atoms with van der Waals surface area (Å²) >= 11 is 0. The number of nitrogens with zero attached hydrogens (tertiary/aromatic N) is 3. The van der Waals surface area contributed by atoms with Crippen molar-refractivity contribution < 1.29 is 14.5 Å². The van der Waals surface area contributed by atoms with Crippen LogP contribution < -0.4 is 16.0 Å². The molecule has 154 valence electrons. The number of carbonyl (C=O) groups excluding carboxylic acids is 2. The van der Waals surface area contributed by atoms with E-state index in [0.29, 0.717) is 38.4 Å². The van der Waals surface area contributed by atoms with Crippen LogP contribution in [0.1, 0.15) is 44.0 Å². The highest BCUT2D eigenvalue weighted by atomic mass is 16.6. The van der Waals surface area contributed by atoms with Crippen LogP contribution in [0.15, 0.2) is 18.2 Å². The van der Waals surface area contributed by atoms with Gasteiger partial charge in [0.25, 0.3) is 11.6 Å². The van der Waals surface area contributed by atoms with Crippen molar-refractivity contribution in [2.24, 2.45) is 5.73 Å². The Labute approximate surface area is 165 Å². The minimum Gasteiger partial charge on any atom is -0.362 e. The molecule has 1 aliphatic heterocycles. The molecule has 2 amide bonds. The number of nitrogens with one attached hydrogen (secondary N) is 1. The van der Waals surface area contributed by atoms with Gasteiger partial charge < -0.3 is 20.9 Å². The molecule has 3 N–H and O–H groups in total. The van der Waals surface area contributed by atoms with E-state index in [2.05, 4.69) is 5.32 Å². The van der Waals surface area contributed by atoms with Crippen LogP contribution in [0, 0.1) is 10.1 Å². The summed E-state index contributed by atoms with van der Waals surface area (Å²) in [6.45, 7) is 7.79. The van der Waals surface area contributed by atoms with E-state index in [9.17, 15) is 19.7 Å². The van der Waals surface area contributed by atoms with E-state index < -0.39 is 10.5 Å². The maximum atomic E-state index is 12.5. The Bertz CT molecular complexity index is 740. The SMILES string of the molecule is CCC(N)(CC)CNC(=O)c1ccc(N2CCN(C(C)=O)CC2)c([N+](=O)[O-])c1. The van der Waals surface area contributed by atoms with Gasteiger partial charge in [-0.2, -0.15) is 0 Å². The number of hydrogen-bond donors (Lipinski definition) is 2. The summed E-state index contributed by atoms with van der Waals surface area (Å²) in [7, 11) is 0. The highest BCUT2D eigenvalue weighted by Crippen LogP contribution is 2.30. The number of nitro groups is 1. The van der Waals surface area contributed by atoms with E-state index in [0.717, 1.165) is 12.8 Å². The molecular formula is C19H29N5O4. The lowest BCUT2D eigenvalue weighted by Gasteiger charge is -2.35. The average Bonchev–Trinajstić information content (AvgIpc) is 2.71. The van der Waals surface area contributed by atoms with E-state index >= 15 is 0 Å². The first kappa shape index (κ1) is 21.6. The van der Waals surface area contributed by atoms with Crippen molar-refractivity contribution in [1.29, 1.82) is 0 Å². The number of rotatable bonds is 7. The molecule has 0 spiro atoms. The van der Waals surface area contributed by atoms with Crippen molar-refractivity contribution in [3.8, 4) is 0 Å². The number of anilines is 1. The minimum atomic E-state index is -0.488. The van der Waals surface area contributed by atoms with Gasteiger partial charge in [0, 0.05) is 56.8 Å². The molecule has 1 fully saturated rings. The van der Waals surface area contributed by atoms with Crippen LogP contribution in [0.2, 0.25) is 0 Å². The number of nitrogens with two attached hydrogens (primary N) is 1. The third-order valence-electron chi connectivity index (χ3n) is 5.51. The summed E-state index contributed by atoms with van der Waals surface area (Å²) in [5, 5.41) is 14.4. The van der Waals surface area contributed by atoms with Crippen LogP contribution in [0.25, 0.3) is 0 Å². The number of hydrogen-bond acceptors (Lipinski definition) is 6. The molecule has 2 rings (SSSR count). The lowest BCUT2D eigenvalue weighted by molar-refractivity contribution is -0.384. The first-order valence-corrected chi connectivity index (χ1v) is 9.56. The van der Waals surface area contributed by atoms with Crippen molar-refractivity contribution in [3.05, 3.63) is 33.9 Å². The Morgan fingerprint density at radius 3 is 2.32 bits per heavy atom. The number of amides is 2. The molecule has 28 heavy (non-hydrogen) atoms. The third-order valence-corrected chi connectivity index (χ3v) is 5.51. The summed E-state index contributed by atoms with van der Waals surface area (Å²) in [5.74, 6) is -0.385. The molecule has 0 aliphatic carbocycles. The fourth-order valence-electron chi connectivity index (χ4n) is 3.20. The Morgan fingerprint density at radius 2 is 1.82 bits per heavy atom. The highest BCUT2D eigenvalue weighted by molar-refractivity contribution is 5.95. The first-order valence-electron chi connectivity index (χ1n) is 9.56. The summed E-state index contributed by atoms with van der Waals surface area (Å²) < 4.78 is 0. The van der Waals surface area contributed by atoms with Gasteiger partial charge in [-0.15, -0.1) is 0 Å². The quantitative estimate of drug-likeness (QED) is 0.537. The molecule has 0 unspecified atom stereocenters. The molecule has 0 aromatic heterocycles. The van der Waals surface area contributed by atoms with Crippen LogP contribution in [-0.4, -0.2) is 59.9 Å². The number of nitro benzene ring substituents is 1. The number of carbonyl (C=O) groups is 2. The molecule has 1 saturated heterocycles. The van der Waals surface area contributed by atoms with Gasteiger partial charge in [0.05, 0.1) is 4.92 Å². The smallest absolute Gasteiger partial charge is 0.293 e. The van der Waals surface area contributed by atoms with Crippen molar-refractivity contribution >= 4 is 23.2 Å². The van der Waals surface area contributed by atoms with Gasteiger partial charge >= 0.3 is 0 Å². The predicted octanol–water partition coefficient (Wildman–Crippen LogP) is 1.51. The van der Waals surface area contributed by atoms with Crippen LogP contribution in [0.4, 0.5) is 11.4 Å². The van der Waals surface area contributed by atoms with Crippen LogP contribution in [0.5, 0.6) is 0 Å². The van der Waals surface area contributed by atoms with Gasteiger partial charge in [-0.25, -0.2) is 0 Å². The van der Waals surface area contributed by atoms with Gasteiger partial charge in [-0.05, 0) is 25.0 Å². The molecule has 9 heteroatoms. The average molecular weight is 391 g/mol. The van der Waals surface area contributed by atoms with E-state index in [1.807, 2.05) is 18.7 Å². The topological polar surface area (TPSA) is 122 Å². The summed E-state index contributed by atoms with van der Waals surface area (Å²) in [6.07, 6.45) is 1.43. The molecule has 0 bridgehead atoms. The van der Waals surface area contributed by atoms with E-state index in [4.69, 9.17) is 5.73 Å². The largest absolute Gasteiger partial charge is 0.362 e. The number of piperazine rings is 1. The zero-order chi connectivity index (χ0) is 20.9. The zero-order valence-electron chi connectivity index (χ0n) is 16.7.